The molecule has 0 bridgehead atoms. The number of aromatic nitrogens is 4. The number of nitrogens with one attached hydrogen (secondary N) is 2. The van der Waals surface area contributed by atoms with Crippen molar-refractivity contribution in [2.75, 3.05) is 5.32 Å². The van der Waals surface area contributed by atoms with Crippen LogP contribution in [-0.4, -0.2) is 25.7 Å². The first-order valence-electron chi connectivity index (χ1n) is 4.98. The van der Waals surface area contributed by atoms with Gasteiger partial charge in [-0.1, -0.05) is 0 Å². The van der Waals surface area contributed by atoms with Crippen LogP contribution in [0.3, 0.4) is 0 Å². The molecular weight excluding hydrogens is 222 g/mol. The first-order chi connectivity index (χ1) is 8.16. The third-order valence-electron chi connectivity index (χ3n) is 2.19. The zero-order valence-electron chi connectivity index (χ0n) is 9.17. The summed E-state index contributed by atoms with van der Waals surface area (Å²) in [6.45, 7) is 1.74. The minimum Gasteiger partial charge on any atom is -0.309 e. The normalized spacial score (nSPS) is 10.2. The summed E-state index contributed by atoms with van der Waals surface area (Å²) in [6, 6.07) is 1.59. The van der Waals surface area contributed by atoms with Gasteiger partial charge in [0.25, 0.3) is 0 Å². The van der Waals surface area contributed by atoms with Gasteiger partial charge in [0.1, 0.15) is 12.4 Å². The van der Waals surface area contributed by atoms with Gasteiger partial charge in [0.15, 0.2) is 0 Å². The van der Waals surface area contributed by atoms with Crippen molar-refractivity contribution in [1.29, 1.82) is 0 Å². The number of hydrogen-bond donors (Lipinski definition) is 2. The molecular formula is C10H11N5O2. The zero-order chi connectivity index (χ0) is 12.3. The van der Waals surface area contributed by atoms with Crippen LogP contribution in [0.5, 0.6) is 0 Å². The molecule has 0 aromatic carbocycles. The van der Waals surface area contributed by atoms with Crippen molar-refractivity contribution < 1.29 is 4.79 Å². The molecule has 7 heteroatoms. The Bertz CT molecular complexity index is 586. The number of aromatic amines is 1. The molecule has 0 atom stereocenters. The lowest BCUT2D eigenvalue weighted by Gasteiger charge is -2.05. The van der Waals surface area contributed by atoms with Gasteiger partial charge < -0.3 is 5.32 Å². The van der Waals surface area contributed by atoms with E-state index in [-0.39, 0.29) is 12.5 Å². The first kappa shape index (κ1) is 11.1. The Balaban J connectivity index is 2.06. The molecule has 2 N–H and O–H groups in total. The molecule has 0 unspecified atom stereocenters. The van der Waals surface area contributed by atoms with Crippen molar-refractivity contribution in [3.8, 4) is 0 Å². The van der Waals surface area contributed by atoms with Gasteiger partial charge in [0, 0.05) is 18.0 Å². The summed E-state index contributed by atoms with van der Waals surface area (Å²) in [6.07, 6.45) is 4.50. The van der Waals surface area contributed by atoms with E-state index in [0.29, 0.717) is 5.82 Å². The SMILES string of the molecule is Cc1cn[nH]c1NC(=O)Cn1cccnc1=O. The Morgan fingerprint density at radius 1 is 1.59 bits per heavy atom. The average molecular weight is 233 g/mol. The highest BCUT2D eigenvalue weighted by Gasteiger charge is 2.07. The summed E-state index contributed by atoms with van der Waals surface area (Å²) < 4.78 is 1.22. The zero-order valence-corrected chi connectivity index (χ0v) is 9.17. The van der Waals surface area contributed by atoms with E-state index in [4.69, 9.17) is 0 Å². The molecule has 0 saturated carbocycles. The monoisotopic (exact) mass is 233 g/mol. The highest BCUT2D eigenvalue weighted by Crippen LogP contribution is 2.07. The van der Waals surface area contributed by atoms with Crippen LogP contribution >= 0.6 is 0 Å². The Labute approximate surface area is 96.5 Å². The summed E-state index contributed by atoms with van der Waals surface area (Å²) in [5.74, 6) is 0.222. The molecule has 0 spiro atoms. The minimum absolute atomic E-state index is 0.0782. The Morgan fingerprint density at radius 3 is 3.06 bits per heavy atom. The van der Waals surface area contributed by atoms with E-state index in [0.717, 1.165) is 5.56 Å². The van der Waals surface area contributed by atoms with Crippen molar-refractivity contribution in [3.05, 3.63) is 40.7 Å². The van der Waals surface area contributed by atoms with Crippen molar-refractivity contribution in [2.24, 2.45) is 0 Å². The van der Waals surface area contributed by atoms with Gasteiger partial charge in [-0.15, -0.1) is 0 Å². The second-order valence-corrected chi connectivity index (χ2v) is 3.51. The van der Waals surface area contributed by atoms with Crippen molar-refractivity contribution in [2.45, 2.75) is 13.5 Å². The number of amides is 1. The fraction of sp³-hybridized carbons (Fsp3) is 0.200. The number of anilines is 1. The van der Waals surface area contributed by atoms with Crippen molar-refractivity contribution in [3.63, 3.8) is 0 Å². The molecule has 88 valence electrons. The summed E-state index contributed by atoms with van der Waals surface area (Å²) >= 11 is 0. The number of carbonyl (C=O) groups excluding carboxylic acids is 1. The molecule has 2 aromatic heterocycles. The molecule has 0 fully saturated rings. The topological polar surface area (TPSA) is 92.7 Å². The van der Waals surface area contributed by atoms with E-state index >= 15 is 0 Å². The summed E-state index contributed by atoms with van der Waals surface area (Å²) in [5.41, 5.74) is 0.376. The molecule has 0 aliphatic rings. The first-order valence-corrected chi connectivity index (χ1v) is 4.98. The van der Waals surface area contributed by atoms with Crippen LogP contribution in [0.1, 0.15) is 5.56 Å². The fourth-order valence-electron chi connectivity index (χ4n) is 1.31. The predicted molar refractivity (Wildman–Crippen MR) is 60.5 cm³/mol. The molecule has 7 nitrogen and oxygen atoms in total. The molecule has 2 rings (SSSR count). The third kappa shape index (κ3) is 2.57. The number of rotatable bonds is 3. The summed E-state index contributed by atoms with van der Waals surface area (Å²) in [5, 5.41) is 9.05. The maximum absolute atomic E-state index is 11.6. The maximum Gasteiger partial charge on any atom is 0.347 e. The van der Waals surface area contributed by atoms with Gasteiger partial charge >= 0.3 is 5.69 Å². The van der Waals surface area contributed by atoms with Crippen LogP contribution in [0, 0.1) is 6.92 Å². The van der Waals surface area contributed by atoms with Crippen LogP contribution in [0.4, 0.5) is 5.82 Å². The van der Waals surface area contributed by atoms with Crippen molar-refractivity contribution in [1.82, 2.24) is 19.7 Å². The number of H-pyrrole nitrogens is 1. The van der Waals surface area contributed by atoms with Gasteiger partial charge in [-0.05, 0) is 13.0 Å². The van der Waals surface area contributed by atoms with E-state index in [9.17, 15) is 9.59 Å². The van der Waals surface area contributed by atoms with Gasteiger partial charge in [-0.3, -0.25) is 14.5 Å². The minimum atomic E-state index is -0.455. The summed E-state index contributed by atoms with van der Waals surface area (Å²) in [7, 11) is 0. The smallest absolute Gasteiger partial charge is 0.309 e. The lowest BCUT2D eigenvalue weighted by atomic mass is 10.4. The molecule has 0 aliphatic carbocycles. The van der Waals surface area contributed by atoms with E-state index in [1.165, 1.54) is 17.0 Å². The standard InChI is InChI=1S/C10H11N5O2/c1-7-5-12-14-9(7)13-8(16)6-15-4-2-3-11-10(15)17/h2-5H,6H2,1H3,(H2,12,13,14,16). The Hall–Kier alpha value is -2.44. The van der Waals surface area contributed by atoms with E-state index in [1.807, 2.05) is 6.92 Å². The average Bonchev–Trinajstić information content (AvgIpc) is 2.68. The van der Waals surface area contributed by atoms with Gasteiger partial charge in [0.05, 0.1) is 6.20 Å². The molecule has 0 radical (unpaired) electrons. The third-order valence-corrected chi connectivity index (χ3v) is 2.19. The van der Waals surface area contributed by atoms with Crippen molar-refractivity contribution >= 4 is 11.7 Å². The quantitative estimate of drug-likeness (QED) is 0.775. The van der Waals surface area contributed by atoms with Gasteiger partial charge in [-0.25, -0.2) is 9.78 Å². The Kier molecular flexibility index (Phi) is 2.99. The number of carbonyl (C=O) groups is 1. The molecule has 1 amide bonds. The van der Waals surface area contributed by atoms with Gasteiger partial charge in [0.2, 0.25) is 5.91 Å². The van der Waals surface area contributed by atoms with Crippen LogP contribution < -0.4 is 11.0 Å². The Morgan fingerprint density at radius 2 is 2.41 bits per heavy atom. The largest absolute Gasteiger partial charge is 0.347 e. The molecule has 2 heterocycles. The maximum atomic E-state index is 11.6. The van der Waals surface area contributed by atoms with E-state index in [1.54, 1.807) is 12.3 Å². The molecule has 17 heavy (non-hydrogen) atoms. The lowest BCUT2D eigenvalue weighted by molar-refractivity contribution is -0.116. The van der Waals surface area contributed by atoms with Gasteiger partial charge in [-0.2, -0.15) is 5.10 Å². The number of aryl methyl sites for hydroxylation is 1. The van der Waals surface area contributed by atoms with E-state index < -0.39 is 5.69 Å². The predicted octanol–water partition coefficient (Wildman–Crippen LogP) is -0.0865. The summed E-state index contributed by atoms with van der Waals surface area (Å²) in [4.78, 5) is 26.5. The van der Waals surface area contributed by atoms with Crippen LogP contribution in [-0.2, 0) is 11.3 Å². The lowest BCUT2D eigenvalue weighted by Crippen LogP contribution is -2.28. The molecule has 2 aromatic rings. The second-order valence-electron chi connectivity index (χ2n) is 3.51. The van der Waals surface area contributed by atoms with E-state index in [2.05, 4.69) is 20.5 Å². The second kappa shape index (κ2) is 4.60. The van der Waals surface area contributed by atoms with Crippen LogP contribution in [0.15, 0.2) is 29.5 Å². The van der Waals surface area contributed by atoms with Crippen LogP contribution in [0.25, 0.3) is 0 Å². The number of hydrogen-bond acceptors (Lipinski definition) is 4. The highest BCUT2D eigenvalue weighted by molar-refractivity contribution is 5.90. The molecule has 0 saturated heterocycles. The molecule has 0 aliphatic heterocycles. The fourth-order valence-corrected chi connectivity index (χ4v) is 1.31. The highest BCUT2D eigenvalue weighted by atomic mass is 16.2. The van der Waals surface area contributed by atoms with Crippen LogP contribution in [0.2, 0.25) is 0 Å². The number of nitrogens with zero attached hydrogens (tertiary/aromatic N) is 3.